The maximum absolute atomic E-state index is 13.5. The van der Waals surface area contributed by atoms with E-state index in [1.54, 1.807) is 36.3 Å². The van der Waals surface area contributed by atoms with Crippen molar-refractivity contribution in [2.75, 3.05) is 24.2 Å². The van der Waals surface area contributed by atoms with Crippen molar-refractivity contribution < 1.29 is 22.7 Å². The number of benzene rings is 2. The lowest BCUT2D eigenvalue weighted by Crippen LogP contribution is -2.53. The van der Waals surface area contributed by atoms with Gasteiger partial charge in [-0.3, -0.25) is 13.9 Å². The van der Waals surface area contributed by atoms with Gasteiger partial charge < -0.3 is 15.0 Å². The smallest absolute Gasteiger partial charge is 0.243 e. The number of carbonyl (C=O) groups is 2. The average molecular weight is 532 g/mol. The Bertz CT molecular complexity index is 1160. The van der Waals surface area contributed by atoms with E-state index in [1.807, 2.05) is 58.9 Å². The van der Waals surface area contributed by atoms with Gasteiger partial charge in [0, 0.05) is 25.0 Å². The van der Waals surface area contributed by atoms with Crippen molar-refractivity contribution in [2.45, 2.75) is 72.0 Å². The van der Waals surface area contributed by atoms with Gasteiger partial charge in [-0.25, -0.2) is 8.42 Å². The molecule has 0 spiro atoms. The Morgan fingerprint density at radius 1 is 1.05 bits per heavy atom. The summed E-state index contributed by atoms with van der Waals surface area (Å²) in [7, 11) is -2.02. The van der Waals surface area contributed by atoms with Gasteiger partial charge in [-0.15, -0.1) is 0 Å². The van der Waals surface area contributed by atoms with Crippen LogP contribution in [0.4, 0.5) is 5.69 Å². The molecule has 0 radical (unpaired) electrons. The molecule has 204 valence electrons. The summed E-state index contributed by atoms with van der Waals surface area (Å²) in [6.07, 6.45) is 2.02. The Morgan fingerprint density at radius 3 is 2.19 bits per heavy atom. The van der Waals surface area contributed by atoms with Gasteiger partial charge in [-0.2, -0.15) is 0 Å². The number of hydrogen-bond donors (Lipinski definition) is 1. The molecule has 0 aliphatic rings. The molecule has 0 saturated carbocycles. The number of nitrogens with one attached hydrogen (secondary N) is 1. The predicted octanol–water partition coefficient (Wildman–Crippen LogP) is 4.27. The van der Waals surface area contributed by atoms with Crippen molar-refractivity contribution in [1.82, 2.24) is 10.2 Å². The van der Waals surface area contributed by atoms with Gasteiger partial charge >= 0.3 is 0 Å². The number of anilines is 1. The minimum Gasteiger partial charge on any atom is -0.497 e. The molecule has 8 nitrogen and oxygen atoms in total. The maximum atomic E-state index is 13.5. The number of sulfonamides is 1. The van der Waals surface area contributed by atoms with Crippen molar-refractivity contribution in [3.63, 3.8) is 0 Å². The lowest BCUT2D eigenvalue weighted by atomic mass is 10.0. The highest BCUT2D eigenvalue weighted by molar-refractivity contribution is 7.92. The van der Waals surface area contributed by atoms with Crippen LogP contribution in [0.25, 0.3) is 0 Å². The first-order valence-electron chi connectivity index (χ1n) is 12.5. The summed E-state index contributed by atoms with van der Waals surface area (Å²) in [5, 5.41) is 3.00. The molecule has 2 aromatic carbocycles. The number of hydrogen-bond acceptors (Lipinski definition) is 5. The van der Waals surface area contributed by atoms with Gasteiger partial charge in [0.25, 0.3) is 0 Å². The number of carbonyl (C=O) groups excluding carboxylic acids is 2. The highest BCUT2D eigenvalue weighted by Gasteiger charge is 2.31. The van der Waals surface area contributed by atoms with Crippen LogP contribution in [0.1, 0.15) is 58.1 Å². The van der Waals surface area contributed by atoms with Gasteiger partial charge in [0.05, 0.1) is 19.1 Å². The first kappa shape index (κ1) is 30.2. The molecule has 2 rings (SSSR count). The fraction of sp³-hybridized carbons (Fsp3) is 0.500. The molecule has 1 N–H and O–H groups in total. The van der Waals surface area contributed by atoms with Crippen LogP contribution >= 0.6 is 0 Å². The van der Waals surface area contributed by atoms with E-state index in [4.69, 9.17) is 4.74 Å². The third kappa shape index (κ3) is 9.07. The van der Waals surface area contributed by atoms with E-state index in [9.17, 15) is 18.0 Å². The quantitative estimate of drug-likeness (QED) is 0.441. The highest BCUT2D eigenvalue weighted by atomic mass is 32.2. The zero-order valence-corrected chi connectivity index (χ0v) is 23.9. The van der Waals surface area contributed by atoms with Crippen molar-refractivity contribution in [3.8, 4) is 5.75 Å². The van der Waals surface area contributed by atoms with Crippen LogP contribution in [-0.2, 0) is 26.2 Å². The Balaban J connectivity index is 2.24. The number of rotatable bonds is 12. The van der Waals surface area contributed by atoms with Crippen LogP contribution in [0, 0.1) is 6.92 Å². The topological polar surface area (TPSA) is 96.0 Å². The zero-order valence-electron chi connectivity index (χ0n) is 23.1. The van der Waals surface area contributed by atoms with Crippen molar-refractivity contribution in [1.29, 1.82) is 0 Å². The summed E-state index contributed by atoms with van der Waals surface area (Å²) < 4.78 is 31.4. The van der Waals surface area contributed by atoms with E-state index < -0.39 is 21.6 Å². The third-order valence-electron chi connectivity index (χ3n) is 6.00. The standard InChI is InChI=1S/C28H41N3O5S/c1-8-25(27(33)29-28(3,4)5)30(20-22-13-10-9-12-21(22)2)26(32)14-11-19-31(37(7,34)35)23-15-17-24(36-6)18-16-23/h9-10,12-13,15-18,25H,8,11,14,19-20H2,1-7H3,(H,29,33). The summed E-state index contributed by atoms with van der Waals surface area (Å²) in [5.74, 6) is 0.230. The SMILES string of the molecule is CCC(C(=O)NC(C)(C)C)N(Cc1ccccc1C)C(=O)CCCN(c1ccc(OC)cc1)S(C)(=O)=O. The second-order valence-electron chi connectivity index (χ2n) is 10.2. The minimum absolute atomic E-state index is 0.105. The Labute approximate surface area is 222 Å². The summed E-state index contributed by atoms with van der Waals surface area (Å²) in [6, 6.07) is 13.9. The van der Waals surface area contributed by atoms with E-state index in [-0.39, 0.29) is 24.8 Å². The summed E-state index contributed by atoms with van der Waals surface area (Å²) in [5.41, 5.74) is 2.07. The normalized spacial score (nSPS) is 12.5. The molecule has 0 aliphatic carbocycles. The predicted molar refractivity (Wildman–Crippen MR) is 148 cm³/mol. The summed E-state index contributed by atoms with van der Waals surface area (Å²) in [4.78, 5) is 28.3. The Hall–Kier alpha value is -3.07. The second-order valence-corrected chi connectivity index (χ2v) is 12.2. The summed E-state index contributed by atoms with van der Waals surface area (Å²) in [6.45, 7) is 10.0. The highest BCUT2D eigenvalue weighted by Crippen LogP contribution is 2.23. The Morgan fingerprint density at radius 2 is 1.68 bits per heavy atom. The van der Waals surface area contributed by atoms with Gasteiger partial charge in [-0.1, -0.05) is 31.2 Å². The van der Waals surface area contributed by atoms with E-state index in [0.29, 0.717) is 30.8 Å². The van der Waals surface area contributed by atoms with Crippen LogP contribution in [0.5, 0.6) is 5.75 Å². The molecule has 1 unspecified atom stereocenters. The lowest BCUT2D eigenvalue weighted by Gasteiger charge is -2.33. The second kappa shape index (κ2) is 12.9. The molecule has 0 aromatic heterocycles. The van der Waals surface area contributed by atoms with Gasteiger partial charge in [0.2, 0.25) is 21.8 Å². The molecule has 0 heterocycles. The molecule has 0 saturated heterocycles. The monoisotopic (exact) mass is 531 g/mol. The minimum atomic E-state index is -3.56. The van der Waals surface area contributed by atoms with E-state index in [0.717, 1.165) is 17.4 Å². The number of nitrogens with zero attached hydrogens (tertiary/aromatic N) is 2. The van der Waals surface area contributed by atoms with Crippen molar-refractivity contribution in [2.24, 2.45) is 0 Å². The van der Waals surface area contributed by atoms with E-state index in [1.165, 1.54) is 4.31 Å². The van der Waals surface area contributed by atoms with Gasteiger partial charge in [0.15, 0.2) is 0 Å². The summed E-state index contributed by atoms with van der Waals surface area (Å²) >= 11 is 0. The molecule has 0 fully saturated rings. The van der Waals surface area contributed by atoms with Gasteiger partial charge in [-0.05, 0) is 75.9 Å². The average Bonchev–Trinajstić information content (AvgIpc) is 2.81. The molecule has 0 aliphatic heterocycles. The molecule has 0 bridgehead atoms. The lowest BCUT2D eigenvalue weighted by molar-refractivity contribution is -0.142. The molecule has 2 aromatic rings. The van der Waals surface area contributed by atoms with Crippen LogP contribution in [0.2, 0.25) is 0 Å². The maximum Gasteiger partial charge on any atom is 0.243 e. The number of methoxy groups -OCH3 is 1. The van der Waals surface area contributed by atoms with Crippen molar-refractivity contribution in [3.05, 3.63) is 59.7 Å². The van der Waals surface area contributed by atoms with Crippen LogP contribution in [0.3, 0.4) is 0 Å². The Kier molecular flexibility index (Phi) is 10.5. The molecule has 37 heavy (non-hydrogen) atoms. The van der Waals surface area contributed by atoms with Crippen LogP contribution in [0.15, 0.2) is 48.5 Å². The first-order valence-corrected chi connectivity index (χ1v) is 14.4. The number of ether oxygens (including phenoxy) is 1. The molecule has 2 amide bonds. The van der Waals surface area contributed by atoms with Crippen LogP contribution < -0.4 is 14.4 Å². The molecular formula is C28H41N3O5S. The fourth-order valence-electron chi connectivity index (χ4n) is 4.10. The third-order valence-corrected chi connectivity index (χ3v) is 7.19. The largest absolute Gasteiger partial charge is 0.497 e. The van der Waals surface area contributed by atoms with E-state index in [2.05, 4.69) is 5.32 Å². The van der Waals surface area contributed by atoms with Crippen molar-refractivity contribution >= 4 is 27.5 Å². The first-order chi connectivity index (χ1) is 17.3. The molecule has 9 heteroatoms. The number of amides is 2. The fourth-order valence-corrected chi connectivity index (χ4v) is 5.06. The molecular weight excluding hydrogens is 490 g/mol. The number of aryl methyl sites for hydroxylation is 1. The zero-order chi connectivity index (χ0) is 27.8. The van der Waals surface area contributed by atoms with Crippen LogP contribution in [-0.4, -0.2) is 56.6 Å². The van der Waals surface area contributed by atoms with E-state index >= 15 is 0 Å². The molecule has 1 atom stereocenters. The van der Waals surface area contributed by atoms with Gasteiger partial charge in [0.1, 0.15) is 11.8 Å².